The average Bonchev–Trinajstić information content (AvgIpc) is 2.55. The van der Waals surface area contributed by atoms with Crippen molar-refractivity contribution >= 4 is 22.5 Å². The summed E-state index contributed by atoms with van der Waals surface area (Å²) in [4.78, 5) is 12.2. The first-order valence-corrected chi connectivity index (χ1v) is 7.44. The molecule has 0 bridgehead atoms. The van der Waals surface area contributed by atoms with Gasteiger partial charge in [0.05, 0.1) is 11.7 Å². The van der Waals surface area contributed by atoms with E-state index in [1.54, 1.807) is 12.1 Å². The van der Waals surface area contributed by atoms with Gasteiger partial charge in [-0.25, -0.2) is 9.18 Å². The van der Waals surface area contributed by atoms with E-state index < -0.39 is 0 Å². The number of nitrogens with one attached hydrogen (secondary N) is 2. The number of carbonyl (C=O) groups is 1. The second kappa shape index (κ2) is 6.48. The Bertz CT molecular complexity index is 825. The van der Waals surface area contributed by atoms with Gasteiger partial charge >= 0.3 is 6.03 Å². The third kappa shape index (κ3) is 3.48. The van der Waals surface area contributed by atoms with Crippen LogP contribution in [-0.2, 0) is 0 Å². The lowest BCUT2D eigenvalue weighted by molar-refractivity contribution is 0.249. The van der Waals surface area contributed by atoms with Crippen molar-refractivity contribution in [3.63, 3.8) is 0 Å². The molecule has 0 aliphatic rings. The standard InChI is InChI=1S/C19H17FN2O/c1-13(14-9-11-16(20)12-10-14)21-19(23)22-18-8-4-6-15-5-2-3-7-17(15)18/h2-13H,1H3,(H2,21,22,23). The van der Waals surface area contributed by atoms with Crippen molar-refractivity contribution in [1.29, 1.82) is 0 Å². The first-order valence-electron chi connectivity index (χ1n) is 7.44. The van der Waals surface area contributed by atoms with E-state index in [4.69, 9.17) is 0 Å². The van der Waals surface area contributed by atoms with Gasteiger partial charge < -0.3 is 10.6 Å². The third-order valence-corrected chi connectivity index (χ3v) is 3.76. The van der Waals surface area contributed by atoms with Crippen molar-refractivity contribution in [3.8, 4) is 0 Å². The molecule has 2 N–H and O–H groups in total. The summed E-state index contributed by atoms with van der Waals surface area (Å²) in [6.07, 6.45) is 0. The van der Waals surface area contributed by atoms with Crippen LogP contribution in [0.2, 0.25) is 0 Å². The van der Waals surface area contributed by atoms with Crippen molar-refractivity contribution in [2.24, 2.45) is 0 Å². The van der Waals surface area contributed by atoms with Gasteiger partial charge in [-0.2, -0.15) is 0 Å². The predicted molar refractivity (Wildman–Crippen MR) is 90.9 cm³/mol. The maximum absolute atomic E-state index is 12.9. The highest BCUT2D eigenvalue weighted by Gasteiger charge is 2.10. The van der Waals surface area contributed by atoms with Crippen LogP contribution in [0, 0.1) is 5.82 Å². The summed E-state index contributed by atoms with van der Waals surface area (Å²) in [5.74, 6) is -0.291. The van der Waals surface area contributed by atoms with E-state index in [1.807, 2.05) is 49.4 Å². The molecule has 3 rings (SSSR count). The fourth-order valence-electron chi connectivity index (χ4n) is 2.52. The number of hydrogen-bond donors (Lipinski definition) is 2. The van der Waals surface area contributed by atoms with Crippen LogP contribution in [0.1, 0.15) is 18.5 Å². The van der Waals surface area contributed by atoms with Crippen LogP contribution >= 0.6 is 0 Å². The molecule has 4 heteroatoms. The van der Waals surface area contributed by atoms with Gasteiger partial charge in [-0.3, -0.25) is 0 Å². The Hall–Kier alpha value is -2.88. The fraction of sp³-hybridized carbons (Fsp3) is 0.105. The number of amides is 2. The van der Waals surface area contributed by atoms with Crippen LogP contribution in [0.3, 0.4) is 0 Å². The van der Waals surface area contributed by atoms with E-state index in [2.05, 4.69) is 10.6 Å². The van der Waals surface area contributed by atoms with E-state index in [0.29, 0.717) is 0 Å². The summed E-state index contributed by atoms with van der Waals surface area (Å²) in [7, 11) is 0. The minimum Gasteiger partial charge on any atom is -0.331 e. The van der Waals surface area contributed by atoms with Crippen molar-refractivity contribution in [2.45, 2.75) is 13.0 Å². The topological polar surface area (TPSA) is 41.1 Å². The maximum atomic E-state index is 12.9. The molecule has 0 heterocycles. The molecule has 2 amide bonds. The minimum absolute atomic E-state index is 0.217. The van der Waals surface area contributed by atoms with E-state index in [9.17, 15) is 9.18 Å². The summed E-state index contributed by atoms with van der Waals surface area (Å²) in [6.45, 7) is 1.86. The molecule has 0 spiro atoms. The molecule has 0 saturated heterocycles. The summed E-state index contributed by atoms with van der Waals surface area (Å²) < 4.78 is 12.9. The van der Waals surface area contributed by atoms with Crippen molar-refractivity contribution in [1.82, 2.24) is 5.32 Å². The molecule has 0 radical (unpaired) electrons. The number of halogens is 1. The molecule has 0 aliphatic heterocycles. The SMILES string of the molecule is CC(NC(=O)Nc1cccc2ccccc12)c1ccc(F)cc1. The molecule has 1 atom stereocenters. The lowest BCUT2D eigenvalue weighted by Gasteiger charge is -2.16. The molecule has 3 nitrogen and oxygen atoms in total. The molecule has 0 aromatic heterocycles. The van der Waals surface area contributed by atoms with Crippen LogP contribution in [-0.4, -0.2) is 6.03 Å². The number of hydrogen-bond acceptors (Lipinski definition) is 1. The number of rotatable bonds is 3. The molecule has 3 aromatic rings. The van der Waals surface area contributed by atoms with Gasteiger partial charge in [0.2, 0.25) is 0 Å². The highest BCUT2D eigenvalue weighted by molar-refractivity contribution is 6.01. The van der Waals surface area contributed by atoms with Crippen LogP contribution in [0.5, 0.6) is 0 Å². The monoisotopic (exact) mass is 308 g/mol. The van der Waals surface area contributed by atoms with Crippen molar-refractivity contribution in [2.75, 3.05) is 5.32 Å². The number of urea groups is 1. The van der Waals surface area contributed by atoms with E-state index in [1.165, 1.54) is 12.1 Å². The van der Waals surface area contributed by atoms with Crippen LogP contribution in [0.4, 0.5) is 14.9 Å². The van der Waals surface area contributed by atoms with Gasteiger partial charge in [0.25, 0.3) is 0 Å². The predicted octanol–water partition coefficient (Wildman–Crippen LogP) is 4.86. The first-order chi connectivity index (χ1) is 11.1. The van der Waals surface area contributed by atoms with Crippen LogP contribution < -0.4 is 10.6 Å². The van der Waals surface area contributed by atoms with Crippen molar-refractivity contribution in [3.05, 3.63) is 78.1 Å². The van der Waals surface area contributed by atoms with Gasteiger partial charge in [0.15, 0.2) is 0 Å². The molecule has 116 valence electrons. The zero-order valence-electron chi connectivity index (χ0n) is 12.7. The molecule has 0 aliphatic carbocycles. The molecule has 3 aromatic carbocycles. The summed E-state index contributed by atoms with van der Waals surface area (Å²) in [5.41, 5.74) is 1.60. The normalized spacial score (nSPS) is 11.9. The molecular formula is C19H17FN2O. The highest BCUT2D eigenvalue weighted by Crippen LogP contribution is 2.23. The first kappa shape index (κ1) is 15.0. The Balaban J connectivity index is 1.72. The number of carbonyl (C=O) groups excluding carboxylic acids is 1. The molecule has 23 heavy (non-hydrogen) atoms. The van der Waals surface area contributed by atoms with Gasteiger partial charge in [0, 0.05) is 5.39 Å². The zero-order valence-corrected chi connectivity index (χ0v) is 12.7. The van der Waals surface area contributed by atoms with E-state index in [0.717, 1.165) is 22.0 Å². The summed E-state index contributed by atoms with van der Waals surface area (Å²) in [5, 5.41) is 7.78. The fourth-order valence-corrected chi connectivity index (χ4v) is 2.52. The lowest BCUT2D eigenvalue weighted by atomic mass is 10.1. The van der Waals surface area contributed by atoms with Gasteiger partial charge in [0.1, 0.15) is 5.82 Å². The zero-order chi connectivity index (χ0) is 16.2. The Morgan fingerprint density at radius 1 is 0.957 bits per heavy atom. The van der Waals surface area contributed by atoms with Gasteiger partial charge in [-0.05, 0) is 36.1 Å². The Kier molecular flexibility index (Phi) is 4.24. The summed E-state index contributed by atoms with van der Waals surface area (Å²) >= 11 is 0. The van der Waals surface area contributed by atoms with Crippen LogP contribution in [0.25, 0.3) is 10.8 Å². The van der Waals surface area contributed by atoms with E-state index >= 15 is 0 Å². The number of anilines is 1. The Morgan fingerprint density at radius 2 is 1.65 bits per heavy atom. The van der Waals surface area contributed by atoms with Gasteiger partial charge in [-0.1, -0.05) is 48.5 Å². The van der Waals surface area contributed by atoms with Crippen LogP contribution in [0.15, 0.2) is 66.7 Å². The lowest BCUT2D eigenvalue weighted by Crippen LogP contribution is -2.31. The minimum atomic E-state index is -0.293. The maximum Gasteiger partial charge on any atom is 0.319 e. The van der Waals surface area contributed by atoms with E-state index in [-0.39, 0.29) is 17.9 Å². The average molecular weight is 308 g/mol. The molecular weight excluding hydrogens is 291 g/mol. The summed E-state index contributed by atoms with van der Waals surface area (Å²) in [6, 6.07) is 19.2. The largest absolute Gasteiger partial charge is 0.331 e. The smallest absolute Gasteiger partial charge is 0.319 e. The molecule has 0 saturated carbocycles. The second-order valence-electron chi connectivity index (χ2n) is 5.40. The number of benzene rings is 3. The Morgan fingerprint density at radius 3 is 2.43 bits per heavy atom. The number of fused-ring (bicyclic) bond motifs is 1. The molecule has 0 fully saturated rings. The molecule has 1 unspecified atom stereocenters. The van der Waals surface area contributed by atoms with Crippen molar-refractivity contribution < 1.29 is 9.18 Å². The Labute approximate surface area is 134 Å². The van der Waals surface area contributed by atoms with Gasteiger partial charge in [-0.15, -0.1) is 0 Å². The third-order valence-electron chi connectivity index (χ3n) is 3.76. The quantitative estimate of drug-likeness (QED) is 0.712. The highest BCUT2D eigenvalue weighted by atomic mass is 19.1. The second-order valence-corrected chi connectivity index (χ2v) is 5.40.